The van der Waals surface area contributed by atoms with Gasteiger partial charge in [-0.3, -0.25) is 0 Å². The van der Waals surface area contributed by atoms with Crippen LogP contribution in [0.3, 0.4) is 0 Å². The molecule has 0 spiro atoms. The first-order chi connectivity index (χ1) is 10.1. The smallest absolute Gasteiger partial charge is 0.176 e. The third-order valence-electron chi connectivity index (χ3n) is 4.38. The summed E-state index contributed by atoms with van der Waals surface area (Å²) in [5.41, 5.74) is 1.13. The molecule has 2 atom stereocenters. The zero-order valence-corrected chi connectivity index (χ0v) is 12.8. The van der Waals surface area contributed by atoms with Gasteiger partial charge < -0.3 is 10.1 Å². The summed E-state index contributed by atoms with van der Waals surface area (Å²) in [7, 11) is 0. The second kappa shape index (κ2) is 5.48. The highest BCUT2D eigenvalue weighted by molar-refractivity contribution is 5.57. The lowest BCUT2D eigenvalue weighted by atomic mass is 9.64. The van der Waals surface area contributed by atoms with E-state index in [-0.39, 0.29) is 5.41 Å². The van der Waals surface area contributed by atoms with Crippen LogP contribution >= 0.6 is 0 Å². The second-order valence-electron chi connectivity index (χ2n) is 6.02. The Labute approximate surface area is 125 Å². The lowest BCUT2D eigenvalue weighted by molar-refractivity contribution is -0.0976. The van der Waals surface area contributed by atoms with E-state index in [1.165, 1.54) is 0 Å². The fraction of sp³-hybridized carbons (Fsp3) is 0.500. The van der Waals surface area contributed by atoms with Crippen LogP contribution in [0.2, 0.25) is 0 Å². The maximum absolute atomic E-state index is 5.79. The topological polar surface area (TPSA) is 52.0 Å². The molecule has 2 aromatic rings. The van der Waals surface area contributed by atoms with Crippen LogP contribution in [0.4, 0.5) is 5.69 Å². The van der Waals surface area contributed by atoms with E-state index in [0.717, 1.165) is 24.5 Å². The lowest BCUT2D eigenvalue weighted by Gasteiger charge is -2.52. The number of hydrogen-bond donors (Lipinski definition) is 1. The quantitative estimate of drug-likeness (QED) is 0.918. The van der Waals surface area contributed by atoms with Crippen LogP contribution < -0.4 is 5.32 Å². The molecule has 0 aliphatic heterocycles. The predicted molar refractivity (Wildman–Crippen MR) is 82.6 cm³/mol. The number of nitrogens with one attached hydrogen (secondary N) is 1. The van der Waals surface area contributed by atoms with Gasteiger partial charge in [0.25, 0.3) is 0 Å². The average Bonchev–Trinajstić information content (AvgIpc) is 3.01. The largest absolute Gasteiger partial charge is 0.379 e. The van der Waals surface area contributed by atoms with Crippen molar-refractivity contribution >= 4 is 5.69 Å². The minimum absolute atomic E-state index is 0.118. The number of hydrogen-bond acceptors (Lipinski definition) is 4. The highest BCUT2D eigenvalue weighted by Crippen LogP contribution is 2.44. The Morgan fingerprint density at radius 1 is 1.38 bits per heavy atom. The fourth-order valence-electron chi connectivity index (χ4n) is 2.89. The monoisotopic (exact) mass is 286 g/mol. The minimum atomic E-state index is 0.118. The van der Waals surface area contributed by atoms with Gasteiger partial charge in [-0.15, -0.1) is 0 Å². The molecule has 1 fully saturated rings. The summed E-state index contributed by atoms with van der Waals surface area (Å²) in [6.45, 7) is 7.32. The predicted octanol–water partition coefficient (Wildman–Crippen LogP) is 2.88. The van der Waals surface area contributed by atoms with E-state index < -0.39 is 0 Å². The molecule has 21 heavy (non-hydrogen) atoms. The number of nitrogens with zero attached hydrogens (tertiary/aromatic N) is 3. The molecule has 112 valence electrons. The van der Waals surface area contributed by atoms with Gasteiger partial charge in [0.1, 0.15) is 0 Å². The van der Waals surface area contributed by atoms with Crippen LogP contribution in [0.1, 0.15) is 27.2 Å². The van der Waals surface area contributed by atoms with Gasteiger partial charge in [-0.25, -0.2) is 9.67 Å². The standard InChI is InChI=1S/C16H22N4O/c1-4-21-14-11-13(16(14,2)3)19-12-7-5-8-17-15(12)20-10-6-9-18-20/h5-10,13-14,19H,4,11H2,1-3H3. The molecular weight excluding hydrogens is 264 g/mol. The first-order valence-corrected chi connectivity index (χ1v) is 7.46. The van der Waals surface area contributed by atoms with Gasteiger partial charge in [-0.1, -0.05) is 13.8 Å². The van der Waals surface area contributed by atoms with E-state index in [0.29, 0.717) is 12.1 Å². The summed E-state index contributed by atoms with van der Waals surface area (Å²) in [6, 6.07) is 6.28. The van der Waals surface area contributed by atoms with Crippen LogP contribution in [0.15, 0.2) is 36.8 Å². The number of anilines is 1. The van der Waals surface area contributed by atoms with E-state index >= 15 is 0 Å². The van der Waals surface area contributed by atoms with Gasteiger partial charge in [0.2, 0.25) is 0 Å². The van der Waals surface area contributed by atoms with Crippen LogP contribution in [0, 0.1) is 5.41 Å². The van der Waals surface area contributed by atoms with Crippen molar-refractivity contribution in [3.05, 3.63) is 36.8 Å². The van der Waals surface area contributed by atoms with Crippen LogP contribution in [-0.4, -0.2) is 33.5 Å². The van der Waals surface area contributed by atoms with E-state index in [1.54, 1.807) is 17.1 Å². The Kier molecular flexibility index (Phi) is 3.68. The summed E-state index contributed by atoms with van der Waals surface area (Å²) in [6.07, 6.45) is 6.80. The van der Waals surface area contributed by atoms with E-state index in [1.807, 2.05) is 31.3 Å². The van der Waals surface area contributed by atoms with Gasteiger partial charge in [0.15, 0.2) is 5.82 Å². The Hall–Kier alpha value is -1.88. The van der Waals surface area contributed by atoms with Gasteiger partial charge in [0.05, 0.1) is 11.8 Å². The van der Waals surface area contributed by atoms with Crippen molar-refractivity contribution in [1.29, 1.82) is 0 Å². The van der Waals surface area contributed by atoms with Gasteiger partial charge in [-0.2, -0.15) is 5.10 Å². The van der Waals surface area contributed by atoms with Crippen molar-refractivity contribution in [3.8, 4) is 5.82 Å². The zero-order valence-electron chi connectivity index (χ0n) is 12.8. The molecule has 0 aromatic carbocycles. The summed E-state index contributed by atoms with van der Waals surface area (Å²) in [5, 5.41) is 7.88. The van der Waals surface area contributed by atoms with Crippen molar-refractivity contribution in [2.75, 3.05) is 11.9 Å². The molecule has 1 saturated carbocycles. The van der Waals surface area contributed by atoms with Gasteiger partial charge in [-0.05, 0) is 31.5 Å². The molecule has 1 aliphatic rings. The Balaban J connectivity index is 1.78. The maximum atomic E-state index is 5.79. The molecular formula is C16H22N4O. The van der Waals surface area contributed by atoms with Crippen molar-refractivity contribution in [2.45, 2.75) is 39.3 Å². The molecule has 5 heteroatoms. The number of aromatic nitrogens is 3. The zero-order chi connectivity index (χ0) is 14.9. The third-order valence-corrected chi connectivity index (χ3v) is 4.38. The molecule has 0 bridgehead atoms. The Morgan fingerprint density at radius 3 is 2.90 bits per heavy atom. The van der Waals surface area contributed by atoms with Crippen molar-refractivity contribution < 1.29 is 4.74 Å². The van der Waals surface area contributed by atoms with E-state index in [9.17, 15) is 0 Å². The first-order valence-electron chi connectivity index (χ1n) is 7.46. The number of pyridine rings is 1. The summed E-state index contributed by atoms with van der Waals surface area (Å²) >= 11 is 0. The van der Waals surface area contributed by atoms with Crippen molar-refractivity contribution in [3.63, 3.8) is 0 Å². The molecule has 2 heterocycles. The molecule has 2 unspecified atom stereocenters. The van der Waals surface area contributed by atoms with E-state index in [4.69, 9.17) is 4.74 Å². The molecule has 0 saturated heterocycles. The SMILES string of the molecule is CCOC1CC(Nc2cccnc2-n2cccn2)C1(C)C. The molecule has 3 rings (SSSR count). The normalized spacial score (nSPS) is 23.6. The number of ether oxygens (including phenoxy) is 1. The number of rotatable bonds is 5. The van der Waals surface area contributed by atoms with Gasteiger partial charge >= 0.3 is 0 Å². The molecule has 2 aromatic heterocycles. The second-order valence-corrected chi connectivity index (χ2v) is 6.02. The highest BCUT2D eigenvalue weighted by Gasteiger charge is 2.49. The summed E-state index contributed by atoms with van der Waals surface area (Å²) in [5.74, 6) is 0.832. The Bertz CT molecular complexity index is 594. The van der Waals surface area contributed by atoms with Crippen LogP contribution in [0.5, 0.6) is 0 Å². The fourth-order valence-corrected chi connectivity index (χ4v) is 2.89. The van der Waals surface area contributed by atoms with E-state index in [2.05, 4.69) is 29.2 Å². The maximum Gasteiger partial charge on any atom is 0.176 e. The molecule has 1 aliphatic carbocycles. The Morgan fingerprint density at radius 2 is 2.24 bits per heavy atom. The van der Waals surface area contributed by atoms with Crippen molar-refractivity contribution in [1.82, 2.24) is 14.8 Å². The minimum Gasteiger partial charge on any atom is -0.379 e. The third kappa shape index (κ3) is 2.53. The molecule has 0 amide bonds. The molecule has 0 radical (unpaired) electrons. The molecule has 1 N–H and O–H groups in total. The van der Waals surface area contributed by atoms with Crippen LogP contribution in [0.25, 0.3) is 5.82 Å². The van der Waals surface area contributed by atoms with Crippen LogP contribution in [-0.2, 0) is 4.74 Å². The first kappa shape index (κ1) is 14.1. The lowest BCUT2D eigenvalue weighted by Crippen LogP contribution is -2.58. The van der Waals surface area contributed by atoms with Gasteiger partial charge in [0, 0.05) is 36.7 Å². The van der Waals surface area contributed by atoms with Crippen molar-refractivity contribution in [2.24, 2.45) is 5.41 Å². The highest BCUT2D eigenvalue weighted by atomic mass is 16.5. The summed E-state index contributed by atoms with van der Waals surface area (Å²) < 4.78 is 7.58. The summed E-state index contributed by atoms with van der Waals surface area (Å²) in [4.78, 5) is 4.44. The molecule has 5 nitrogen and oxygen atoms in total. The average molecular weight is 286 g/mol.